The third-order valence-electron chi connectivity index (χ3n) is 4.64. The molecule has 1 fully saturated rings. The number of hydrogen-bond acceptors (Lipinski definition) is 5. The average Bonchev–Trinajstić information content (AvgIpc) is 3.23. The number of aryl methyl sites for hydroxylation is 1. The Morgan fingerprint density at radius 2 is 2.00 bits per heavy atom. The van der Waals surface area contributed by atoms with Gasteiger partial charge in [0.1, 0.15) is 0 Å². The van der Waals surface area contributed by atoms with Gasteiger partial charge in [0, 0.05) is 12.0 Å². The van der Waals surface area contributed by atoms with Crippen LogP contribution in [0.1, 0.15) is 41.7 Å². The van der Waals surface area contributed by atoms with Crippen LogP contribution < -0.4 is 5.32 Å². The van der Waals surface area contributed by atoms with Crippen molar-refractivity contribution >= 4 is 17.4 Å². The maximum Gasteiger partial charge on any atom is 0.273 e. The lowest BCUT2D eigenvalue weighted by molar-refractivity contribution is 0.0876. The highest BCUT2D eigenvalue weighted by Gasteiger charge is 2.34. The van der Waals surface area contributed by atoms with Crippen molar-refractivity contribution in [3.63, 3.8) is 0 Å². The molecule has 1 aromatic carbocycles. The number of carbonyl (C=O) groups excluding carboxylic acids is 1. The van der Waals surface area contributed by atoms with Crippen LogP contribution in [-0.4, -0.2) is 33.8 Å². The molecule has 1 amide bonds. The Morgan fingerprint density at radius 1 is 1.30 bits per heavy atom. The van der Waals surface area contributed by atoms with E-state index in [0.29, 0.717) is 12.2 Å². The highest BCUT2D eigenvalue weighted by Crippen LogP contribution is 2.37. The summed E-state index contributed by atoms with van der Waals surface area (Å²) in [6.07, 6.45) is 4.15. The van der Waals surface area contributed by atoms with Gasteiger partial charge in [-0.3, -0.25) is 4.79 Å². The number of carbonyl (C=O) groups is 1. The lowest BCUT2D eigenvalue weighted by Gasteiger charge is -2.26. The zero-order valence-corrected chi connectivity index (χ0v) is 14.0. The summed E-state index contributed by atoms with van der Waals surface area (Å²) in [4.78, 5) is 13.3. The molecule has 1 aliphatic rings. The quantitative estimate of drug-likeness (QED) is 0.883. The third-order valence-corrected chi connectivity index (χ3v) is 5.42. The van der Waals surface area contributed by atoms with Crippen molar-refractivity contribution in [2.75, 3.05) is 13.2 Å². The average molecular weight is 331 g/mol. The Bertz CT molecular complexity index is 675. The first-order valence-corrected chi connectivity index (χ1v) is 8.69. The normalized spacial score (nSPS) is 16.4. The minimum absolute atomic E-state index is 0.118. The summed E-state index contributed by atoms with van der Waals surface area (Å²) in [6, 6.07) is 7.98. The Hall–Kier alpha value is -1.79. The number of aliphatic hydroxyl groups excluding tert-OH is 1. The number of nitrogens with one attached hydrogen (secondary N) is 1. The fraction of sp³-hybridized carbons (Fsp3) is 0.471. The highest BCUT2D eigenvalue weighted by molar-refractivity contribution is 7.09. The van der Waals surface area contributed by atoms with Crippen LogP contribution in [0.15, 0.2) is 24.3 Å². The van der Waals surface area contributed by atoms with Crippen molar-refractivity contribution in [1.29, 1.82) is 0 Å². The van der Waals surface area contributed by atoms with Crippen molar-refractivity contribution < 1.29 is 9.90 Å². The molecule has 122 valence electrons. The Balaban J connectivity index is 1.73. The molecule has 0 spiro atoms. The predicted molar refractivity (Wildman–Crippen MR) is 90.4 cm³/mol. The first kappa shape index (κ1) is 16.1. The van der Waals surface area contributed by atoms with Gasteiger partial charge in [-0.25, -0.2) is 0 Å². The summed E-state index contributed by atoms with van der Waals surface area (Å²) in [5.41, 5.74) is 2.32. The lowest BCUT2D eigenvalue weighted by atomic mass is 9.87. The van der Waals surface area contributed by atoms with E-state index in [1.807, 2.05) is 31.2 Å². The smallest absolute Gasteiger partial charge is 0.273 e. The maximum absolute atomic E-state index is 12.5. The van der Waals surface area contributed by atoms with Gasteiger partial charge in [0.15, 0.2) is 5.69 Å². The zero-order valence-electron chi connectivity index (χ0n) is 13.2. The van der Waals surface area contributed by atoms with Crippen LogP contribution in [-0.2, 0) is 0 Å². The SMILES string of the molecule is Cc1ccc(-c2snnc2C(=O)NCC2(CO)CCCC2)cc1. The van der Waals surface area contributed by atoms with E-state index in [2.05, 4.69) is 14.9 Å². The second kappa shape index (κ2) is 6.76. The molecule has 2 N–H and O–H groups in total. The van der Waals surface area contributed by atoms with E-state index in [0.717, 1.165) is 36.1 Å². The summed E-state index contributed by atoms with van der Waals surface area (Å²) < 4.78 is 3.94. The standard InChI is InChI=1S/C17H21N3O2S/c1-12-4-6-13(7-5-12)15-14(19-20-23-15)16(22)18-10-17(11-21)8-2-3-9-17/h4-7,21H,2-3,8-11H2,1H3,(H,18,22). The van der Waals surface area contributed by atoms with Gasteiger partial charge in [0.05, 0.1) is 11.5 Å². The molecule has 5 nitrogen and oxygen atoms in total. The van der Waals surface area contributed by atoms with Gasteiger partial charge in [-0.05, 0) is 36.9 Å². The first-order valence-electron chi connectivity index (χ1n) is 7.92. The van der Waals surface area contributed by atoms with Crippen LogP contribution in [0.4, 0.5) is 0 Å². The molecule has 0 saturated heterocycles. The van der Waals surface area contributed by atoms with E-state index in [4.69, 9.17) is 0 Å². The molecule has 3 rings (SSSR count). The predicted octanol–water partition coefficient (Wildman–Crippen LogP) is 2.80. The molecule has 2 aromatic rings. The van der Waals surface area contributed by atoms with E-state index in [9.17, 15) is 9.90 Å². The Labute approximate surface area is 139 Å². The van der Waals surface area contributed by atoms with Crippen LogP contribution in [0.25, 0.3) is 10.4 Å². The highest BCUT2D eigenvalue weighted by atomic mass is 32.1. The molecule has 1 saturated carbocycles. The maximum atomic E-state index is 12.5. The van der Waals surface area contributed by atoms with Crippen molar-refractivity contribution in [2.24, 2.45) is 5.41 Å². The molecule has 0 unspecified atom stereocenters. The molecular formula is C17H21N3O2S. The fourth-order valence-electron chi connectivity index (χ4n) is 3.10. The van der Waals surface area contributed by atoms with E-state index < -0.39 is 0 Å². The van der Waals surface area contributed by atoms with Gasteiger partial charge in [-0.15, -0.1) is 5.10 Å². The van der Waals surface area contributed by atoms with Crippen LogP contribution >= 0.6 is 11.5 Å². The number of amides is 1. The number of rotatable bonds is 5. The van der Waals surface area contributed by atoms with Gasteiger partial charge in [-0.1, -0.05) is 47.2 Å². The molecule has 1 aliphatic carbocycles. The topological polar surface area (TPSA) is 75.1 Å². The van der Waals surface area contributed by atoms with Gasteiger partial charge >= 0.3 is 0 Å². The summed E-state index contributed by atoms with van der Waals surface area (Å²) >= 11 is 1.23. The molecule has 0 bridgehead atoms. The van der Waals surface area contributed by atoms with Crippen LogP contribution in [0.3, 0.4) is 0 Å². The van der Waals surface area contributed by atoms with Gasteiger partial charge in [0.25, 0.3) is 5.91 Å². The summed E-state index contributed by atoms with van der Waals surface area (Å²) in [5, 5.41) is 16.6. The summed E-state index contributed by atoms with van der Waals surface area (Å²) in [7, 11) is 0. The van der Waals surface area contributed by atoms with E-state index in [-0.39, 0.29) is 17.9 Å². The van der Waals surface area contributed by atoms with Crippen LogP contribution in [0.2, 0.25) is 0 Å². The van der Waals surface area contributed by atoms with Gasteiger partial charge in [-0.2, -0.15) is 0 Å². The number of aliphatic hydroxyl groups is 1. The minimum atomic E-state index is -0.214. The number of benzene rings is 1. The molecule has 0 radical (unpaired) electrons. The molecular weight excluding hydrogens is 310 g/mol. The molecule has 6 heteroatoms. The molecule has 0 atom stereocenters. The molecule has 23 heavy (non-hydrogen) atoms. The van der Waals surface area contributed by atoms with Crippen molar-refractivity contribution in [3.8, 4) is 10.4 Å². The van der Waals surface area contributed by atoms with E-state index >= 15 is 0 Å². The number of nitrogens with zero attached hydrogens (tertiary/aromatic N) is 2. The molecule has 1 heterocycles. The van der Waals surface area contributed by atoms with Crippen molar-refractivity contribution in [1.82, 2.24) is 14.9 Å². The second-order valence-corrected chi connectivity index (χ2v) is 7.12. The van der Waals surface area contributed by atoms with Crippen molar-refractivity contribution in [2.45, 2.75) is 32.6 Å². The number of aromatic nitrogens is 2. The van der Waals surface area contributed by atoms with Crippen LogP contribution in [0.5, 0.6) is 0 Å². The monoisotopic (exact) mass is 331 g/mol. The second-order valence-electron chi connectivity index (χ2n) is 6.36. The summed E-state index contributed by atoms with van der Waals surface area (Å²) in [5.74, 6) is -0.214. The zero-order chi connectivity index (χ0) is 16.3. The largest absolute Gasteiger partial charge is 0.396 e. The van der Waals surface area contributed by atoms with Crippen molar-refractivity contribution in [3.05, 3.63) is 35.5 Å². The van der Waals surface area contributed by atoms with Crippen LogP contribution in [0, 0.1) is 12.3 Å². The molecule has 1 aromatic heterocycles. The number of hydrogen-bond donors (Lipinski definition) is 2. The van der Waals surface area contributed by atoms with E-state index in [1.54, 1.807) is 0 Å². The lowest BCUT2D eigenvalue weighted by Crippen LogP contribution is -2.38. The fourth-order valence-corrected chi connectivity index (χ4v) is 3.77. The molecule has 0 aliphatic heterocycles. The summed E-state index contributed by atoms with van der Waals surface area (Å²) in [6.45, 7) is 2.64. The first-order chi connectivity index (χ1) is 11.1. The third kappa shape index (κ3) is 3.43. The van der Waals surface area contributed by atoms with E-state index in [1.165, 1.54) is 17.1 Å². The minimum Gasteiger partial charge on any atom is -0.396 e. The Kier molecular flexibility index (Phi) is 4.73. The Morgan fingerprint density at radius 3 is 2.65 bits per heavy atom. The van der Waals surface area contributed by atoms with Gasteiger partial charge < -0.3 is 10.4 Å². The van der Waals surface area contributed by atoms with Gasteiger partial charge in [0.2, 0.25) is 0 Å².